The lowest BCUT2D eigenvalue weighted by molar-refractivity contribution is 0.00502. The zero-order chi connectivity index (χ0) is 12.4. The van der Waals surface area contributed by atoms with Crippen LogP contribution in [0.25, 0.3) is 0 Å². The first-order valence-corrected chi connectivity index (χ1v) is 5.67. The highest BCUT2D eigenvalue weighted by Gasteiger charge is 2.33. The average Bonchev–Trinajstić information content (AvgIpc) is 2.15. The van der Waals surface area contributed by atoms with Crippen LogP contribution in [-0.4, -0.2) is 18.1 Å². The van der Waals surface area contributed by atoms with E-state index in [4.69, 9.17) is 4.65 Å². The van der Waals surface area contributed by atoms with E-state index in [1.54, 1.807) is 6.20 Å². The lowest BCUT2D eigenvalue weighted by Crippen LogP contribution is -2.43. The van der Waals surface area contributed by atoms with Gasteiger partial charge in [-0.1, -0.05) is 26.8 Å². The third-order valence-corrected chi connectivity index (χ3v) is 3.33. The third kappa shape index (κ3) is 3.08. The summed E-state index contributed by atoms with van der Waals surface area (Å²) in [5.74, 6) is 0. The molecule has 0 fully saturated rings. The maximum Gasteiger partial charge on any atom is 0.332 e. The Morgan fingerprint density at radius 1 is 1.19 bits per heavy atom. The van der Waals surface area contributed by atoms with E-state index in [1.165, 1.54) is 0 Å². The van der Waals surface area contributed by atoms with Gasteiger partial charge in [-0.05, 0) is 37.7 Å². The minimum absolute atomic E-state index is 0.0968. The van der Waals surface area contributed by atoms with Crippen LogP contribution in [-0.2, 0) is 4.65 Å². The Morgan fingerprint density at radius 2 is 1.81 bits per heavy atom. The van der Waals surface area contributed by atoms with Crippen LogP contribution < -0.4 is 5.46 Å². The van der Waals surface area contributed by atoms with Crippen molar-refractivity contribution in [2.24, 2.45) is 5.41 Å². The fraction of sp³-hybridized carbons (Fsp3) is 0.615. The Labute approximate surface area is 99.7 Å². The molecule has 1 aromatic heterocycles. The highest BCUT2D eigenvalue weighted by Crippen LogP contribution is 2.32. The zero-order valence-corrected chi connectivity index (χ0v) is 11.2. The molecule has 0 unspecified atom stereocenters. The quantitative estimate of drug-likeness (QED) is 0.727. The van der Waals surface area contributed by atoms with Gasteiger partial charge in [-0.2, -0.15) is 0 Å². The number of aryl methyl sites for hydroxylation is 1. The number of aromatic nitrogens is 1. The number of hydrogen-bond acceptors (Lipinski definition) is 2. The predicted octanol–water partition coefficient (Wildman–Crippen LogP) is 2.48. The standard InChI is InChI=1S/C13H21BNO/c1-10-11(8-7-9-15-10)14-16-13(5,6)12(2,3)4/h7-9H,1-6H3. The predicted molar refractivity (Wildman–Crippen MR) is 69.0 cm³/mol. The van der Waals surface area contributed by atoms with Gasteiger partial charge in [-0.3, -0.25) is 4.98 Å². The summed E-state index contributed by atoms with van der Waals surface area (Å²) < 4.78 is 5.90. The van der Waals surface area contributed by atoms with Crippen molar-refractivity contribution in [2.45, 2.75) is 47.1 Å². The van der Waals surface area contributed by atoms with E-state index in [1.807, 2.05) is 26.5 Å². The summed E-state index contributed by atoms with van der Waals surface area (Å²) in [6.45, 7) is 12.7. The molecule has 1 heterocycles. The maximum atomic E-state index is 5.90. The lowest BCUT2D eigenvalue weighted by Gasteiger charge is -2.39. The minimum Gasteiger partial charge on any atom is -0.429 e. The van der Waals surface area contributed by atoms with Crippen molar-refractivity contribution in [3.8, 4) is 0 Å². The molecule has 1 radical (unpaired) electrons. The van der Waals surface area contributed by atoms with Crippen molar-refractivity contribution in [3.63, 3.8) is 0 Å². The summed E-state index contributed by atoms with van der Waals surface area (Å²) >= 11 is 0. The van der Waals surface area contributed by atoms with Crippen LogP contribution >= 0.6 is 0 Å². The summed E-state index contributed by atoms with van der Waals surface area (Å²) in [5.41, 5.74) is 1.93. The van der Waals surface area contributed by atoms with Crippen LogP contribution in [0.1, 0.15) is 40.3 Å². The summed E-state index contributed by atoms with van der Waals surface area (Å²) in [7, 11) is 1.81. The minimum atomic E-state index is -0.199. The Kier molecular flexibility index (Phi) is 3.79. The molecular formula is C13H21BNO. The van der Waals surface area contributed by atoms with Crippen molar-refractivity contribution in [1.29, 1.82) is 0 Å². The molecule has 1 aromatic rings. The van der Waals surface area contributed by atoms with Crippen LogP contribution in [0.2, 0.25) is 0 Å². The largest absolute Gasteiger partial charge is 0.429 e. The molecule has 0 bridgehead atoms. The SMILES string of the molecule is Cc1ncccc1[B]OC(C)(C)C(C)(C)C. The zero-order valence-electron chi connectivity index (χ0n) is 11.2. The Hall–Kier alpha value is -0.825. The molecule has 0 aliphatic heterocycles. The first-order valence-electron chi connectivity index (χ1n) is 5.67. The molecule has 0 aliphatic carbocycles. The van der Waals surface area contributed by atoms with E-state index in [0.29, 0.717) is 0 Å². The first kappa shape index (κ1) is 13.2. The number of hydrogen-bond donors (Lipinski definition) is 0. The molecule has 2 nitrogen and oxygen atoms in total. The van der Waals surface area contributed by atoms with Crippen LogP contribution in [0.3, 0.4) is 0 Å². The molecule has 87 valence electrons. The van der Waals surface area contributed by atoms with E-state index in [0.717, 1.165) is 11.2 Å². The van der Waals surface area contributed by atoms with Gasteiger partial charge in [0.1, 0.15) is 0 Å². The molecule has 0 saturated carbocycles. The second-order valence-electron chi connectivity index (χ2n) is 5.67. The maximum absolute atomic E-state index is 5.90. The van der Waals surface area contributed by atoms with Gasteiger partial charge in [0.15, 0.2) is 0 Å². The number of rotatable bonds is 3. The summed E-state index contributed by atoms with van der Waals surface area (Å²) in [6.07, 6.45) is 1.79. The molecule has 0 aliphatic rings. The number of pyridine rings is 1. The monoisotopic (exact) mass is 218 g/mol. The van der Waals surface area contributed by atoms with Crippen LogP contribution in [0.15, 0.2) is 18.3 Å². The molecule has 3 heteroatoms. The van der Waals surface area contributed by atoms with Crippen molar-refractivity contribution >= 4 is 12.9 Å². The second-order valence-corrected chi connectivity index (χ2v) is 5.67. The van der Waals surface area contributed by atoms with E-state index in [-0.39, 0.29) is 11.0 Å². The summed E-state index contributed by atoms with van der Waals surface area (Å²) in [4.78, 5) is 4.23. The van der Waals surface area contributed by atoms with E-state index < -0.39 is 0 Å². The summed E-state index contributed by atoms with van der Waals surface area (Å²) in [6, 6.07) is 3.94. The van der Waals surface area contributed by atoms with Gasteiger partial charge in [-0.15, -0.1) is 0 Å². The smallest absolute Gasteiger partial charge is 0.332 e. The topological polar surface area (TPSA) is 22.1 Å². The third-order valence-electron chi connectivity index (χ3n) is 3.33. The van der Waals surface area contributed by atoms with Crippen LogP contribution in [0.4, 0.5) is 0 Å². The van der Waals surface area contributed by atoms with Gasteiger partial charge in [0.25, 0.3) is 0 Å². The van der Waals surface area contributed by atoms with Crippen molar-refractivity contribution in [3.05, 3.63) is 24.0 Å². The molecule has 16 heavy (non-hydrogen) atoms. The molecule has 0 aromatic carbocycles. The second kappa shape index (κ2) is 4.58. The van der Waals surface area contributed by atoms with Gasteiger partial charge in [0, 0.05) is 11.9 Å². The fourth-order valence-electron chi connectivity index (χ4n) is 1.01. The molecule has 1 rings (SSSR count). The number of nitrogens with zero attached hydrogens (tertiary/aromatic N) is 1. The van der Waals surface area contributed by atoms with Gasteiger partial charge >= 0.3 is 7.48 Å². The molecule has 0 saturated heterocycles. The van der Waals surface area contributed by atoms with Gasteiger partial charge in [0.05, 0.1) is 5.60 Å². The van der Waals surface area contributed by atoms with Crippen molar-refractivity contribution < 1.29 is 4.65 Å². The van der Waals surface area contributed by atoms with Gasteiger partial charge in [0.2, 0.25) is 0 Å². The summed E-state index contributed by atoms with van der Waals surface area (Å²) in [5, 5.41) is 0. The molecular weight excluding hydrogens is 197 g/mol. The van der Waals surface area contributed by atoms with Gasteiger partial charge in [-0.25, -0.2) is 0 Å². The normalized spacial score (nSPS) is 12.6. The average molecular weight is 218 g/mol. The molecule has 0 N–H and O–H groups in total. The molecule has 0 amide bonds. The van der Waals surface area contributed by atoms with E-state index in [9.17, 15) is 0 Å². The first-order chi connectivity index (χ1) is 7.24. The Bertz CT molecular complexity index is 355. The van der Waals surface area contributed by atoms with Crippen LogP contribution in [0, 0.1) is 12.3 Å². The highest BCUT2D eigenvalue weighted by molar-refractivity contribution is 6.47. The Morgan fingerprint density at radius 3 is 2.31 bits per heavy atom. The van der Waals surface area contributed by atoms with Crippen molar-refractivity contribution in [1.82, 2.24) is 4.98 Å². The van der Waals surface area contributed by atoms with Crippen LogP contribution in [0.5, 0.6) is 0 Å². The van der Waals surface area contributed by atoms with E-state index >= 15 is 0 Å². The van der Waals surface area contributed by atoms with Crippen molar-refractivity contribution in [2.75, 3.05) is 0 Å². The van der Waals surface area contributed by atoms with E-state index in [2.05, 4.69) is 39.6 Å². The molecule has 0 atom stereocenters. The van der Waals surface area contributed by atoms with Gasteiger partial charge < -0.3 is 4.65 Å². The fourth-order valence-corrected chi connectivity index (χ4v) is 1.01. The highest BCUT2D eigenvalue weighted by atomic mass is 16.5. The molecule has 0 spiro atoms. The Balaban J connectivity index is 2.69. The lowest BCUT2D eigenvalue weighted by atomic mass is 9.76.